The lowest BCUT2D eigenvalue weighted by atomic mass is 9.94. The van der Waals surface area contributed by atoms with Crippen LogP contribution in [0.2, 0.25) is 5.02 Å². The molecule has 0 heterocycles. The van der Waals surface area contributed by atoms with E-state index in [9.17, 15) is 9.90 Å². The highest BCUT2D eigenvalue weighted by Crippen LogP contribution is 2.38. The molecule has 110 valence electrons. The Hall–Kier alpha value is -0.730. The molecule has 0 saturated heterocycles. The molecule has 3 rings (SSSR count). The summed E-state index contributed by atoms with van der Waals surface area (Å²) in [7, 11) is 0. The maximum atomic E-state index is 11.2. The molecule has 1 fully saturated rings. The van der Waals surface area contributed by atoms with Crippen LogP contribution in [0.15, 0.2) is 12.1 Å². The molecule has 0 bridgehead atoms. The van der Waals surface area contributed by atoms with Crippen LogP contribution in [0, 0.1) is 5.92 Å². The number of halogens is 2. The zero-order valence-corrected chi connectivity index (χ0v) is 13.0. The lowest BCUT2D eigenvalue weighted by Gasteiger charge is -2.13. The fourth-order valence-corrected chi connectivity index (χ4v) is 3.87. The molecule has 2 nitrogen and oxygen atoms in total. The van der Waals surface area contributed by atoms with Crippen LogP contribution in [-0.2, 0) is 17.6 Å². The van der Waals surface area contributed by atoms with Crippen LogP contribution < -0.4 is 0 Å². The van der Waals surface area contributed by atoms with Crippen molar-refractivity contribution in [2.24, 2.45) is 5.92 Å². The van der Waals surface area contributed by atoms with Gasteiger partial charge in [0.05, 0.1) is 5.92 Å². The Balaban J connectivity index is 0.00000147. The van der Waals surface area contributed by atoms with Crippen molar-refractivity contribution in [2.75, 3.05) is 0 Å². The van der Waals surface area contributed by atoms with Gasteiger partial charge in [-0.3, -0.25) is 4.79 Å². The first kappa shape index (κ1) is 15.7. The van der Waals surface area contributed by atoms with Crippen molar-refractivity contribution < 1.29 is 9.90 Å². The predicted molar refractivity (Wildman–Crippen MR) is 83.1 cm³/mol. The Morgan fingerprint density at radius 3 is 2.60 bits per heavy atom. The van der Waals surface area contributed by atoms with Gasteiger partial charge in [-0.15, -0.1) is 12.4 Å². The number of benzene rings is 1. The number of hydrogen-bond acceptors (Lipinski definition) is 1. The number of carboxylic acids is 1. The van der Waals surface area contributed by atoms with Gasteiger partial charge in [0.1, 0.15) is 0 Å². The second-order valence-electron chi connectivity index (χ2n) is 5.93. The summed E-state index contributed by atoms with van der Waals surface area (Å²) in [5, 5.41) is 9.97. The van der Waals surface area contributed by atoms with Gasteiger partial charge in [0, 0.05) is 5.02 Å². The SMILES string of the molecule is Cl.O=C(O)C1CCc2cc(CC3CCCC3)c(Cl)cc21. The molecule has 2 aliphatic rings. The summed E-state index contributed by atoms with van der Waals surface area (Å²) < 4.78 is 0. The Kier molecular flexibility index (Phi) is 4.98. The molecule has 0 radical (unpaired) electrons. The molecule has 4 heteroatoms. The van der Waals surface area contributed by atoms with Gasteiger partial charge in [-0.2, -0.15) is 0 Å². The molecule has 0 spiro atoms. The Labute approximate surface area is 130 Å². The second-order valence-corrected chi connectivity index (χ2v) is 6.33. The van der Waals surface area contributed by atoms with Gasteiger partial charge in [0.15, 0.2) is 0 Å². The van der Waals surface area contributed by atoms with E-state index < -0.39 is 5.97 Å². The first-order valence-electron chi connectivity index (χ1n) is 7.19. The van der Waals surface area contributed by atoms with Crippen LogP contribution in [0.5, 0.6) is 0 Å². The van der Waals surface area contributed by atoms with Gasteiger partial charge in [0.2, 0.25) is 0 Å². The van der Waals surface area contributed by atoms with Crippen molar-refractivity contribution in [3.05, 3.63) is 33.8 Å². The minimum absolute atomic E-state index is 0. The predicted octanol–water partition coefficient (Wildman–Crippen LogP) is 4.61. The maximum absolute atomic E-state index is 11.2. The van der Waals surface area contributed by atoms with Crippen LogP contribution in [0.3, 0.4) is 0 Å². The number of hydrogen-bond donors (Lipinski definition) is 1. The Morgan fingerprint density at radius 1 is 1.25 bits per heavy atom. The van der Waals surface area contributed by atoms with E-state index in [0.29, 0.717) is 6.42 Å². The van der Waals surface area contributed by atoms with Crippen LogP contribution in [0.4, 0.5) is 0 Å². The van der Waals surface area contributed by atoms with E-state index in [0.717, 1.165) is 29.3 Å². The van der Waals surface area contributed by atoms with Crippen LogP contribution in [0.25, 0.3) is 0 Å². The van der Waals surface area contributed by atoms with Crippen LogP contribution >= 0.6 is 24.0 Å². The minimum atomic E-state index is -0.724. The van der Waals surface area contributed by atoms with Crippen molar-refractivity contribution in [3.63, 3.8) is 0 Å². The molecule has 1 aromatic rings. The van der Waals surface area contributed by atoms with E-state index in [1.54, 1.807) is 0 Å². The topological polar surface area (TPSA) is 37.3 Å². The number of rotatable bonds is 3. The first-order valence-corrected chi connectivity index (χ1v) is 7.57. The third kappa shape index (κ3) is 2.96. The van der Waals surface area contributed by atoms with Crippen molar-refractivity contribution >= 4 is 30.0 Å². The number of aliphatic carboxylic acids is 1. The monoisotopic (exact) mass is 314 g/mol. The van der Waals surface area contributed by atoms with Crippen molar-refractivity contribution in [3.8, 4) is 0 Å². The number of carbonyl (C=O) groups is 1. The standard InChI is InChI=1S/C16H19ClO2.ClH/c17-15-9-14-11(5-6-13(14)16(18)19)8-12(15)7-10-3-1-2-4-10;/h8-10,13H,1-7H2,(H,18,19);1H. The highest BCUT2D eigenvalue weighted by atomic mass is 35.5. The molecule has 1 unspecified atom stereocenters. The summed E-state index contributed by atoms with van der Waals surface area (Å²) in [5.41, 5.74) is 3.36. The fraction of sp³-hybridized carbons (Fsp3) is 0.562. The molecule has 20 heavy (non-hydrogen) atoms. The maximum Gasteiger partial charge on any atom is 0.310 e. The van der Waals surface area contributed by atoms with Crippen LogP contribution in [0.1, 0.15) is 54.7 Å². The summed E-state index contributed by atoms with van der Waals surface area (Å²) in [6.45, 7) is 0. The van der Waals surface area contributed by atoms with Gasteiger partial charge in [0.25, 0.3) is 0 Å². The largest absolute Gasteiger partial charge is 0.481 e. The highest BCUT2D eigenvalue weighted by molar-refractivity contribution is 6.31. The normalized spacial score (nSPS) is 21.6. The van der Waals surface area contributed by atoms with Crippen molar-refractivity contribution in [1.82, 2.24) is 0 Å². The molecule has 0 amide bonds. The van der Waals surface area contributed by atoms with E-state index in [1.165, 1.54) is 36.8 Å². The lowest BCUT2D eigenvalue weighted by molar-refractivity contribution is -0.138. The summed E-state index contributed by atoms with van der Waals surface area (Å²) in [4.78, 5) is 11.2. The van der Waals surface area contributed by atoms with E-state index in [2.05, 4.69) is 6.07 Å². The second kappa shape index (κ2) is 6.36. The van der Waals surface area contributed by atoms with Gasteiger partial charge in [-0.05, 0) is 47.9 Å². The molecule has 1 saturated carbocycles. The van der Waals surface area contributed by atoms with Gasteiger partial charge >= 0.3 is 5.97 Å². The molecular formula is C16H20Cl2O2. The van der Waals surface area contributed by atoms with E-state index in [-0.39, 0.29) is 18.3 Å². The number of fused-ring (bicyclic) bond motifs is 1. The van der Waals surface area contributed by atoms with Gasteiger partial charge in [-0.1, -0.05) is 43.4 Å². The summed E-state index contributed by atoms with van der Waals surface area (Å²) in [6.07, 6.45) is 7.96. The zero-order chi connectivity index (χ0) is 13.4. The third-order valence-electron chi connectivity index (χ3n) is 4.67. The Morgan fingerprint density at radius 2 is 1.95 bits per heavy atom. The third-order valence-corrected chi connectivity index (χ3v) is 5.02. The summed E-state index contributed by atoms with van der Waals surface area (Å²) in [5.74, 6) is -0.307. The fourth-order valence-electron chi connectivity index (χ4n) is 3.62. The number of carboxylic acid groups (broad SMARTS) is 1. The van der Waals surface area contributed by atoms with E-state index in [1.807, 2.05) is 6.07 Å². The molecule has 0 aromatic heterocycles. The van der Waals surface area contributed by atoms with E-state index in [4.69, 9.17) is 11.6 Å². The first-order chi connectivity index (χ1) is 9.15. The highest BCUT2D eigenvalue weighted by Gasteiger charge is 2.29. The average Bonchev–Trinajstić information content (AvgIpc) is 2.98. The summed E-state index contributed by atoms with van der Waals surface area (Å²) in [6, 6.07) is 4.08. The van der Waals surface area contributed by atoms with Crippen molar-refractivity contribution in [1.29, 1.82) is 0 Å². The molecule has 1 atom stereocenters. The molecule has 2 aliphatic carbocycles. The van der Waals surface area contributed by atoms with Crippen molar-refractivity contribution in [2.45, 2.75) is 50.9 Å². The Bertz CT molecular complexity index is 507. The van der Waals surface area contributed by atoms with Crippen LogP contribution in [-0.4, -0.2) is 11.1 Å². The smallest absolute Gasteiger partial charge is 0.310 e. The number of aryl methyl sites for hydroxylation is 1. The average molecular weight is 315 g/mol. The minimum Gasteiger partial charge on any atom is -0.481 e. The molecule has 1 N–H and O–H groups in total. The molecule has 1 aromatic carbocycles. The molecule has 0 aliphatic heterocycles. The van der Waals surface area contributed by atoms with E-state index >= 15 is 0 Å². The quantitative estimate of drug-likeness (QED) is 0.884. The zero-order valence-electron chi connectivity index (χ0n) is 11.4. The summed E-state index contributed by atoms with van der Waals surface area (Å²) >= 11 is 6.36. The van der Waals surface area contributed by atoms with Gasteiger partial charge in [-0.25, -0.2) is 0 Å². The lowest BCUT2D eigenvalue weighted by Crippen LogP contribution is -2.08. The molecular weight excluding hydrogens is 295 g/mol. The van der Waals surface area contributed by atoms with Gasteiger partial charge < -0.3 is 5.11 Å².